The highest BCUT2D eigenvalue weighted by Gasteiger charge is 2.53. The molecule has 2 fully saturated rings. The Balaban J connectivity index is 1.99. The standard InChI is InChI=1S/C14H26N2O2/c1-3-4-9-16(2)10-14(13(17)18,11-5-6-11)15-12-7-8-12/h11-12,15H,3-10H2,1-2H3,(H,17,18). The lowest BCUT2D eigenvalue weighted by molar-refractivity contribution is -0.147. The third kappa shape index (κ3) is 3.23. The average molecular weight is 254 g/mol. The Morgan fingerprint density at radius 1 is 1.39 bits per heavy atom. The Bertz CT molecular complexity index is 300. The first-order valence-electron chi connectivity index (χ1n) is 7.28. The second kappa shape index (κ2) is 5.57. The zero-order valence-electron chi connectivity index (χ0n) is 11.6. The number of aliphatic carboxylic acids is 1. The molecule has 0 heterocycles. The van der Waals surface area contributed by atoms with E-state index in [1.165, 1.54) is 0 Å². The number of nitrogens with zero attached hydrogens (tertiary/aromatic N) is 1. The van der Waals surface area contributed by atoms with Crippen LogP contribution in [0, 0.1) is 5.92 Å². The van der Waals surface area contributed by atoms with Gasteiger partial charge < -0.3 is 10.0 Å². The van der Waals surface area contributed by atoms with E-state index in [2.05, 4.69) is 17.1 Å². The Kier molecular flexibility index (Phi) is 4.28. The average Bonchev–Trinajstić information content (AvgIpc) is 3.14. The minimum Gasteiger partial charge on any atom is -0.480 e. The highest BCUT2D eigenvalue weighted by atomic mass is 16.4. The van der Waals surface area contributed by atoms with Crippen LogP contribution in [0.1, 0.15) is 45.4 Å². The lowest BCUT2D eigenvalue weighted by atomic mass is 9.92. The number of hydrogen-bond donors (Lipinski definition) is 2. The first-order valence-corrected chi connectivity index (χ1v) is 7.28. The first-order chi connectivity index (χ1) is 8.58. The van der Waals surface area contributed by atoms with Crippen molar-refractivity contribution in [3.05, 3.63) is 0 Å². The number of carboxylic acids is 1. The van der Waals surface area contributed by atoms with Gasteiger partial charge in [-0.25, -0.2) is 0 Å². The summed E-state index contributed by atoms with van der Waals surface area (Å²) in [6.07, 6.45) is 6.70. The topological polar surface area (TPSA) is 52.6 Å². The molecule has 0 aromatic carbocycles. The van der Waals surface area contributed by atoms with Crippen LogP contribution >= 0.6 is 0 Å². The van der Waals surface area contributed by atoms with Crippen molar-refractivity contribution in [1.82, 2.24) is 10.2 Å². The Morgan fingerprint density at radius 2 is 2.06 bits per heavy atom. The van der Waals surface area contributed by atoms with E-state index in [4.69, 9.17) is 0 Å². The molecule has 0 spiro atoms. The summed E-state index contributed by atoms with van der Waals surface area (Å²) in [5.74, 6) is -0.320. The van der Waals surface area contributed by atoms with Gasteiger partial charge in [0.2, 0.25) is 0 Å². The maximum atomic E-state index is 11.8. The van der Waals surface area contributed by atoms with Crippen molar-refractivity contribution in [3.8, 4) is 0 Å². The Hall–Kier alpha value is -0.610. The van der Waals surface area contributed by atoms with Crippen molar-refractivity contribution in [2.45, 2.75) is 57.0 Å². The van der Waals surface area contributed by atoms with Crippen molar-refractivity contribution in [1.29, 1.82) is 0 Å². The molecule has 4 heteroatoms. The van der Waals surface area contributed by atoms with E-state index in [1.807, 2.05) is 7.05 Å². The lowest BCUT2D eigenvalue weighted by Gasteiger charge is -2.35. The molecule has 1 atom stereocenters. The van der Waals surface area contributed by atoms with E-state index in [0.29, 0.717) is 18.5 Å². The molecule has 0 aromatic heterocycles. The van der Waals surface area contributed by atoms with Crippen molar-refractivity contribution < 1.29 is 9.90 Å². The predicted octanol–water partition coefficient (Wildman–Crippen LogP) is 1.70. The summed E-state index contributed by atoms with van der Waals surface area (Å²) < 4.78 is 0. The van der Waals surface area contributed by atoms with Gasteiger partial charge in [-0.1, -0.05) is 13.3 Å². The van der Waals surface area contributed by atoms with E-state index in [-0.39, 0.29) is 0 Å². The van der Waals surface area contributed by atoms with Crippen LogP contribution in [0.15, 0.2) is 0 Å². The van der Waals surface area contributed by atoms with E-state index in [1.54, 1.807) is 0 Å². The van der Waals surface area contributed by atoms with Gasteiger partial charge in [-0.3, -0.25) is 10.1 Å². The molecule has 2 aliphatic rings. The van der Waals surface area contributed by atoms with Crippen LogP contribution in [0.4, 0.5) is 0 Å². The number of carboxylic acid groups (broad SMARTS) is 1. The van der Waals surface area contributed by atoms with Crippen LogP contribution in [-0.4, -0.2) is 47.7 Å². The fourth-order valence-corrected chi connectivity index (χ4v) is 2.70. The first kappa shape index (κ1) is 13.8. The summed E-state index contributed by atoms with van der Waals surface area (Å²) in [5, 5.41) is 13.1. The quantitative estimate of drug-likeness (QED) is 0.657. The van der Waals surface area contributed by atoms with Crippen LogP contribution in [0.2, 0.25) is 0 Å². The third-order valence-electron chi connectivity index (χ3n) is 4.11. The lowest BCUT2D eigenvalue weighted by Crippen LogP contribution is -2.61. The highest BCUT2D eigenvalue weighted by molar-refractivity contribution is 5.80. The largest absolute Gasteiger partial charge is 0.480 e. The Labute approximate surface area is 110 Å². The zero-order chi connectivity index (χ0) is 13.2. The maximum Gasteiger partial charge on any atom is 0.325 e. The minimum atomic E-state index is -0.691. The van der Waals surface area contributed by atoms with Gasteiger partial charge in [-0.05, 0) is 51.6 Å². The summed E-state index contributed by atoms with van der Waals surface area (Å²) >= 11 is 0. The summed E-state index contributed by atoms with van der Waals surface area (Å²) in [7, 11) is 2.05. The molecule has 2 rings (SSSR count). The molecule has 0 amide bonds. The minimum absolute atomic E-state index is 0.333. The van der Waals surface area contributed by atoms with Crippen LogP contribution in [0.25, 0.3) is 0 Å². The van der Waals surface area contributed by atoms with Gasteiger partial charge in [-0.15, -0.1) is 0 Å². The fourth-order valence-electron chi connectivity index (χ4n) is 2.70. The van der Waals surface area contributed by atoms with Crippen molar-refractivity contribution in [2.24, 2.45) is 5.92 Å². The monoisotopic (exact) mass is 254 g/mol. The summed E-state index contributed by atoms with van der Waals surface area (Å²) in [4.78, 5) is 14.0. The molecular formula is C14H26N2O2. The molecule has 0 bridgehead atoms. The second-order valence-corrected chi connectivity index (χ2v) is 6.06. The molecule has 4 nitrogen and oxygen atoms in total. The molecular weight excluding hydrogens is 228 g/mol. The molecule has 18 heavy (non-hydrogen) atoms. The van der Waals surface area contributed by atoms with Gasteiger partial charge in [0.25, 0.3) is 0 Å². The van der Waals surface area contributed by atoms with Crippen LogP contribution < -0.4 is 5.32 Å². The molecule has 2 aliphatic carbocycles. The van der Waals surface area contributed by atoms with Crippen LogP contribution in [0.5, 0.6) is 0 Å². The van der Waals surface area contributed by atoms with E-state index in [9.17, 15) is 9.90 Å². The van der Waals surface area contributed by atoms with E-state index < -0.39 is 11.5 Å². The molecule has 0 radical (unpaired) electrons. The number of likely N-dealkylation sites (N-methyl/N-ethyl adjacent to an activating group) is 1. The second-order valence-electron chi connectivity index (χ2n) is 6.06. The summed E-state index contributed by atoms with van der Waals surface area (Å²) in [6.45, 7) is 3.80. The van der Waals surface area contributed by atoms with Gasteiger partial charge in [0.05, 0.1) is 0 Å². The van der Waals surface area contributed by atoms with E-state index >= 15 is 0 Å². The highest BCUT2D eigenvalue weighted by Crippen LogP contribution is 2.42. The van der Waals surface area contributed by atoms with E-state index in [0.717, 1.165) is 45.1 Å². The molecule has 0 aromatic rings. The van der Waals surface area contributed by atoms with Gasteiger partial charge in [0.15, 0.2) is 0 Å². The van der Waals surface area contributed by atoms with Gasteiger partial charge in [0, 0.05) is 12.6 Å². The van der Waals surface area contributed by atoms with Crippen molar-refractivity contribution in [2.75, 3.05) is 20.1 Å². The predicted molar refractivity (Wildman–Crippen MR) is 71.7 cm³/mol. The van der Waals surface area contributed by atoms with Crippen LogP contribution in [-0.2, 0) is 4.79 Å². The van der Waals surface area contributed by atoms with Crippen molar-refractivity contribution in [3.63, 3.8) is 0 Å². The van der Waals surface area contributed by atoms with Gasteiger partial charge in [-0.2, -0.15) is 0 Å². The summed E-state index contributed by atoms with van der Waals surface area (Å²) in [5.41, 5.74) is -0.691. The molecule has 0 saturated heterocycles. The number of unbranched alkanes of at least 4 members (excludes halogenated alkanes) is 1. The number of rotatable bonds is 9. The molecule has 0 aliphatic heterocycles. The molecule has 104 valence electrons. The van der Waals surface area contributed by atoms with Gasteiger partial charge in [0.1, 0.15) is 5.54 Å². The van der Waals surface area contributed by atoms with Crippen LogP contribution in [0.3, 0.4) is 0 Å². The molecule has 2 N–H and O–H groups in total. The zero-order valence-corrected chi connectivity index (χ0v) is 11.6. The smallest absolute Gasteiger partial charge is 0.325 e. The fraction of sp³-hybridized carbons (Fsp3) is 0.929. The van der Waals surface area contributed by atoms with Gasteiger partial charge >= 0.3 is 5.97 Å². The number of carbonyl (C=O) groups is 1. The summed E-state index contributed by atoms with van der Waals surface area (Å²) in [6, 6.07) is 0.446. The third-order valence-corrected chi connectivity index (χ3v) is 4.11. The molecule has 1 unspecified atom stereocenters. The number of nitrogens with one attached hydrogen (secondary N) is 1. The molecule has 2 saturated carbocycles. The Morgan fingerprint density at radius 3 is 2.50 bits per heavy atom. The normalized spacial score (nSPS) is 23.1. The SMILES string of the molecule is CCCCN(C)CC(NC1CC1)(C(=O)O)C1CC1. The van der Waals surface area contributed by atoms with Crippen molar-refractivity contribution >= 4 is 5.97 Å². The number of hydrogen-bond acceptors (Lipinski definition) is 3. The maximum absolute atomic E-state index is 11.8.